The second-order valence-electron chi connectivity index (χ2n) is 2.58. The quantitative estimate of drug-likeness (QED) is 0.506. The lowest BCUT2D eigenvalue weighted by Crippen LogP contribution is -1.88. The van der Waals surface area contributed by atoms with Gasteiger partial charge >= 0.3 is 0 Å². The zero-order valence-electron chi connectivity index (χ0n) is 6.52. The molecule has 10 heavy (non-hydrogen) atoms. The summed E-state index contributed by atoms with van der Waals surface area (Å²) in [5, 5.41) is 0. The fourth-order valence-corrected chi connectivity index (χ4v) is 1.13. The van der Waals surface area contributed by atoms with Crippen molar-refractivity contribution in [3.05, 3.63) is 17.6 Å². The van der Waals surface area contributed by atoms with Crippen LogP contribution in [0.2, 0.25) is 0 Å². The zero-order chi connectivity index (χ0) is 7.23. The van der Waals surface area contributed by atoms with E-state index in [4.69, 9.17) is 4.74 Å². The Bertz CT molecular complexity index is 152. The van der Waals surface area contributed by atoms with Crippen molar-refractivity contribution >= 4 is 0 Å². The molecule has 0 amide bonds. The molecule has 1 heteroatoms. The average Bonchev–Trinajstić information content (AvgIpc) is 1.87. The first-order valence-corrected chi connectivity index (χ1v) is 3.91. The maximum Gasteiger partial charge on any atom is 0.137 e. The second kappa shape index (κ2) is 4.19. The fourth-order valence-electron chi connectivity index (χ4n) is 1.13. The van der Waals surface area contributed by atoms with E-state index in [1.807, 2.05) is 0 Å². The summed E-state index contributed by atoms with van der Waals surface area (Å²) in [7, 11) is 1.72. The SMILES string of the molecule is COC1=C=CCCCCC1. The Labute approximate surface area is 62.4 Å². The van der Waals surface area contributed by atoms with Gasteiger partial charge in [0.15, 0.2) is 0 Å². The van der Waals surface area contributed by atoms with E-state index < -0.39 is 0 Å². The summed E-state index contributed by atoms with van der Waals surface area (Å²) in [6.45, 7) is 0. The molecule has 0 spiro atoms. The molecule has 0 radical (unpaired) electrons. The van der Waals surface area contributed by atoms with Gasteiger partial charge in [-0.1, -0.05) is 12.2 Å². The normalized spacial score (nSPS) is 19.1. The molecule has 0 N–H and O–H groups in total. The number of allylic oxidation sites excluding steroid dienone is 1. The van der Waals surface area contributed by atoms with Crippen LogP contribution in [0.3, 0.4) is 0 Å². The van der Waals surface area contributed by atoms with Crippen LogP contribution in [0.4, 0.5) is 0 Å². The average molecular weight is 138 g/mol. The monoisotopic (exact) mass is 138 g/mol. The molecule has 0 atom stereocenters. The highest BCUT2D eigenvalue weighted by Crippen LogP contribution is 2.12. The van der Waals surface area contributed by atoms with Crippen molar-refractivity contribution < 1.29 is 4.74 Å². The van der Waals surface area contributed by atoms with Gasteiger partial charge in [0.25, 0.3) is 0 Å². The zero-order valence-corrected chi connectivity index (χ0v) is 6.52. The topological polar surface area (TPSA) is 9.23 Å². The molecule has 0 aromatic rings. The predicted octanol–water partition coefficient (Wildman–Crippen LogP) is 2.64. The summed E-state index contributed by atoms with van der Waals surface area (Å²) < 4.78 is 5.10. The van der Waals surface area contributed by atoms with Crippen LogP contribution in [0.25, 0.3) is 0 Å². The number of rotatable bonds is 1. The number of hydrogen-bond acceptors (Lipinski definition) is 1. The van der Waals surface area contributed by atoms with Gasteiger partial charge in [-0.2, -0.15) is 0 Å². The van der Waals surface area contributed by atoms with E-state index in [-0.39, 0.29) is 0 Å². The first-order chi connectivity index (χ1) is 4.93. The lowest BCUT2D eigenvalue weighted by molar-refractivity contribution is 0.274. The van der Waals surface area contributed by atoms with Crippen LogP contribution >= 0.6 is 0 Å². The molecule has 0 aromatic carbocycles. The Balaban J connectivity index is 2.54. The van der Waals surface area contributed by atoms with Gasteiger partial charge in [0, 0.05) is 6.42 Å². The van der Waals surface area contributed by atoms with E-state index in [1.165, 1.54) is 19.3 Å². The Morgan fingerprint density at radius 1 is 1.40 bits per heavy atom. The van der Waals surface area contributed by atoms with E-state index in [9.17, 15) is 0 Å². The highest BCUT2D eigenvalue weighted by molar-refractivity contribution is 4.94. The Hall–Kier alpha value is -0.680. The molecule has 1 aliphatic carbocycles. The third-order valence-corrected chi connectivity index (χ3v) is 1.76. The van der Waals surface area contributed by atoms with Crippen LogP contribution < -0.4 is 0 Å². The molecule has 0 bridgehead atoms. The molecular formula is C9H14O. The minimum atomic E-state index is 1.01. The molecular weight excluding hydrogens is 124 g/mol. The lowest BCUT2D eigenvalue weighted by atomic mass is 10.1. The predicted molar refractivity (Wildman–Crippen MR) is 41.7 cm³/mol. The molecule has 1 rings (SSSR count). The molecule has 0 saturated heterocycles. The van der Waals surface area contributed by atoms with Crippen LogP contribution in [-0.2, 0) is 4.74 Å². The van der Waals surface area contributed by atoms with Gasteiger partial charge in [-0.3, -0.25) is 0 Å². The number of hydrogen-bond donors (Lipinski definition) is 0. The van der Waals surface area contributed by atoms with Crippen molar-refractivity contribution in [3.8, 4) is 0 Å². The van der Waals surface area contributed by atoms with Crippen LogP contribution in [0, 0.1) is 0 Å². The second-order valence-corrected chi connectivity index (χ2v) is 2.58. The van der Waals surface area contributed by atoms with Crippen LogP contribution in [-0.4, -0.2) is 7.11 Å². The van der Waals surface area contributed by atoms with Crippen LogP contribution in [0.5, 0.6) is 0 Å². The van der Waals surface area contributed by atoms with Crippen molar-refractivity contribution in [3.63, 3.8) is 0 Å². The van der Waals surface area contributed by atoms with E-state index in [0.29, 0.717) is 0 Å². The Morgan fingerprint density at radius 2 is 2.30 bits per heavy atom. The highest BCUT2D eigenvalue weighted by atomic mass is 16.5. The smallest absolute Gasteiger partial charge is 0.137 e. The van der Waals surface area contributed by atoms with Crippen LogP contribution in [0.1, 0.15) is 32.1 Å². The van der Waals surface area contributed by atoms with Gasteiger partial charge in [0.05, 0.1) is 7.11 Å². The van der Waals surface area contributed by atoms with Crippen LogP contribution in [0.15, 0.2) is 17.6 Å². The minimum absolute atomic E-state index is 1.01. The Kier molecular flexibility index (Phi) is 3.11. The standard InChI is InChI=1S/C9H14O/c1-10-9-7-5-3-2-4-6-8-9/h5H,2-4,6,8H2,1H3. The van der Waals surface area contributed by atoms with Crippen molar-refractivity contribution in [2.75, 3.05) is 7.11 Å². The first kappa shape index (κ1) is 7.43. The highest BCUT2D eigenvalue weighted by Gasteiger charge is 1.96. The van der Waals surface area contributed by atoms with Gasteiger partial charge in [0.2, 0.25) is 0 Å². The Morgan fingerprint density at radius 3 is 3.10 bits per heavy atom. The molecule has 1 nitrogen and oxygen atoms in total. The molecule has 0 fully saturated rings. The summed E-state index contributed by atoms with van der Waals surface area (Å²) in [5.74, 6) is 1.01. The largest absolute Gasteiger partial charge is 0.493 e. The molecule has 0 aromatic heterocycles. The van der Waals surface area contributed by atoms with Gasteiger partial charge in [-0.05, 0) is 25.3 Å². The molecule has 56 valence electrons. The van der Waals surface area contributed by atoms with Gasteiger partial charge in [-0.25, -0.2) is 0 Å². The van der Waals surface area contributed by atoms with Crippen molar-refractivity contribution in [1.82, 2.24) is 0 Å². The number of methoxy groups -OCH3 is 1. The lowest BCUT2D eigenvalue weighted by Gasteiger charge is -2.04. The third-order valence-electron chi connectivity index (χ3n) is 1.76. The molecule has 0 aliphatic heterocycles. The maximum atomic E-state index is 5.10. The van der Waals surface area contributed by atoms with E-state index in [1.54, 1.807) is 7.11 Å². The van der Waals surface area contributed by atoms with Crippen molar-refractivity contribution in [1.29, 1.82) is 0 Å². The van der Waals surface area contributed by atoms with Crippen molar-refractivity contribution in [2.45, 2.75) is 32.1 Å². The molecule has 0 saturated carbocycles. The molecule has 0 heterocycles. The first-order valence-electron chi connectivity index (χ1n) is 3.91. The van der Waals surface area contributed by atoms with Gasteiger partial charge < -0.3 is 4.74 Å². The van der Waals surface area contributed by atoms with Gasteiger partial charge in [0.1, 0.15) is 5.76 Å². The maximum absolute atomic E-state index is 5.10. The van der Waals surface area contributed by atoms with Gasteiger partial charge in [-0.15, -0.1) is 0 Å². The summed E-state index contributed by atoms with van der Waals surface area (Å²) in [5.41, 5.74) is 3.14. The summed E-state index contributed by atoms with van der Waals surface area (Å²) in [4.78, 5) is 0. The minimum Gasteiger partial charge on any atom is -0.493 e. The molecule has 1 aliphatic rings. The van der Waals surface area contributed by atoms with E-state index >= 15 is 0 Å². The summed E-state index contributed by atoms with van der Waals surface area (Å²) in [6.07, 6.45) is 8.19. The van der Waals surface area contributed by atoms with E-state index in [0.717, 1.165) is 18.6 Å². The van der Waals surface area contributed by atoms with E-state index in [2.05, 4.69) is 11.8 Å². The van der Waals surface area contributed by atoms with Crippen molar-refractivity contribution in [2.24, 2.45) is 0 Å². The fraction of sp³-hybridized carbons (Fsp3) is 0.667. The third kappa shape index (κ3) is 2.28. The number of ether oxygens (including phenoxy) is 1. The summed E-state index contributed by atoms with van der Waals surface area (Å²) in [6, 6.07) is 0. The molecule has 0 unspecified atom stereocenters. The summed E-state index contributed by atoms with van der Waals surface area (Å²) >= 11 is 0.